The van der Waals surface area contributed by atoms with Gasteiger partial charge in [0.25, 0.3) is 0 Å². The van der Waals surface area contributed by atoms with E-state index in [-0.39, 0.29) is 37.2 Å². The predicted molar refractivity (Wildman–Crippen MR) is 197 cm³/mol. The molecule has 9 nitrogen and oxygen atoms in total. The molecule has 3 aromatic carbocycles. The summed E-state index contributed by atoms with van der Waals surface area (Å²) in [5.74, 6) is 5.47. The Kier molecular flexibility index (Phi) is 16.9. The summed E-state index contributed by atoms with van der Waals surface area (Å²) in [5, 5.41) is 2.52. The number of rotatable bonds is 13. The topological polar surface area (TPSA) is 83.1 Å². The minimum absolute atomic E-state index is 0. The Morgan fingerprint density at radius 3 is 0.811 bits per heavy atom. The third-order valence-corrected chi connectivity index (χ3v) is 19.2. The van der Waals surface area contributed by atoms with Crippen LogP contribution in [0.15, 0.2) is 40.5 Å². The Morgan fingerprint density at radius 1 is 0.396 bits per heavy atom. The van der Waals surface area contributed by atoms with Crippen LogP contribution in [0.3, 0.4) is 0 Å². The molecule has 0 atom stereocenters. The number of benzene rings is 3. The SMILES string of the molecule is COc1cc(OC)c([Si](c2c(OC)cc(OC)c(C)c2OC)(c2c(OC)cc(OC)c(C)c2OC)[C]2([Ti+3])C(C)=C(C)C(C)=C2C)c(OC)c1C.[Cl-].[Cl-].[Cl-]. The first-order chi connectivity index (χ1) is 23.7. The zero-order valence-corrected chi connectivity index (χ0v) is 38.4. The molecule has 0 amide bonds. The molecule has 0 unspecified atom stereocenters. The summed E-state index contributed by atoms with van der Waals surface area (Å²) in [6, 6.07) is 5.82. The van der Waals surface area contributed by atoms with Crippen molar-refractivity contribution in [3.63, 3.8) is 0 Å². The van der Waals surface area contributed by atoms with Gasteiger partial charge < -0.3 is 37.2 Å². The minimum Gasteiger partial charge on any atom is -1.00 e. The Balaban J connectivity index is 0.00000468. The Morgan fingerprint density at radius 2 is 0.623 bits per heavy atom. The molecule has 0 N–H and O–H groups in total. The van der Waals surface area contributed by atoms with Crippen molar-refractivity contribution in [2.45, 2.75) is 51.8 Å². The van der Waals surface area contributed by atoms with Crippen LogP contribution >= 0.6 is 0 Å². The van der Waals surface area contributed by atoms with E-state index >= 15 is 0 Å². The number of hydrogen-bond acceptors (Lipinski definition) is 9. The average molecular weight is 846 g/mol. The van der Waals surface area contributed by atoms with E-state index in [1.807, 2.05) is 39.0 Å². The summed E-state index contributed by atoms with van der Waals surface area (Å²) in [4.78, 5) is 0. The normalized spacial score (nSPS) is 13.3. The van der Waals surface area contributed by atoms with Crippen molar-refractivity contribution >= 4 is 23.6 Å². The second-order valence-electron chi connectivity index (χ2n) is 12.4. The molecular formula is C39H51Cl3O9SiTi. The van der Waals surface area contributed by atoms with Crippen LogP contribution in [0.1, 0.15) is 44.4 Å². The second-order valence-corrected chi connectivity index (χ2v) is 18.1. The first-order valence-corrected chi connectivity index (χ1v) is 19.0. The molecular weight excluding hydrogens is 795 g/mol. The summed E-state index contributed by atoms with van der Waals surface area (Å²) in [7, 11) is 11.1. The maximum absolute atomic E-state index is 6.51. The van der Waals surface area contributed by atoms with Gasteiger partial charge in [0.15, 0.2) is 0 Å². The fraction of sp³-hybridized carbons (Fsp3) is 0.436. The summed E-state index contributed by atoms with van der Waals surface area (Å²) < 4.78 is 55.9. The Hall–Kier alpha value is -2.86. The zero-order valence-electron chi connectivity index (χ0n) is 33.5. The van der Waals surface area contributed by atoms with Crippen LogP contribution in [0.4, 0.5) is 0 Å². The van der Waals surface area contributed by atoms with Gasteiger partial charge in [-0.25, -0.2) is 0 Å². The van der Waals surface area contributed by atoms with E-state index in [1.54, 1.807) is 64.0 Å². The van der Waals surface area contributed by atoms with Crippen LogP contribution in [0.5, 0.6) is 51.7 Å². The van der Waals surface area contributed by atoms with Gasteiger partial charge in [0.2, 0.25) is 0 Å². The predicted octanol–water partition coefficient (Wildman–Crippen LogP) is -2.90. The van der Waals surface area contributed by atoms with Gasteiger partial charge in [0, 0.05) is 0 Å². The van der Waals surface area contributed by atoms with Gasteiger partial charge in [-0.15, -0.1) is 0 Å². The molecule has 14 heteroatoms. The molecule has 290 valence electrons. The average Bonchev–Trinajstić information content (AvgIpc) is 3.27. The number of ether oxygens (including phenoxy) is 9. The summed E-state index contributed by atoms with van der Waals surface area (Å²) >= 11 is 2.32. The summed E-state index contributed by atoms with van der Waals surface area (Å²) in [6.45, 7) is 14.8. The van der Waals surface area contributed by atoms with Gasteiger partial charge in [-0.1, -0.05) is 0 Å². The van der Waals surface area contributed by atoms with E-state index in [9.17, 15) is 0 Å². The molecule has 0 bridgehead atoms. The second kappa shape index (κ2) is 18.7. The Labute approximate surface area is 346 Å². The van der Waals surface area contributed by atoms with Crippen molar-refractivity contribution in [1.29, 1.82) is 0 Å². The van der Waals surface area contributed by atoms with Crippen molar-refractivity contribution in [1.82, 2.24) is 0 Å². The van der Waals surface area contributed by atoms with Crippen LogP contribution < -0.4 is 95.4 Å². The maximum Gasteiger partial charge on any atom is -1.00 e. The number of hydrogen-bond donors (Lipinski definition) is 0. The fourth-order valence-electron chi connectivity index (χ4n) is 7.99. The molecule has 1 aliphatic rings. The first-order valence-electron chi connectivity index (χ1n) is 16.2. The van der Waals surface area contributed by atoms with Crippen molar-refractivity contribution in [3.05, 3.63) is 57.2 Å². The first kappa shape index (κ1) is 48.2. The smallest absolute Gasteiger partial charge is 1.00 e. The molecule has 0 spiro atoms. The largest absolute Gasteiger partial charge is 1.00 e. The van der Waals surface area contributed by atoms with Crippen molar-refractivity contribution in [2.24, 2.45) is 0 Å². The van der Waals surface area contributed by atoms with Gasteiger partial charge in [-0.2, -0.15) is 0 Å². The van der Waals surface area contributed by atoms with Crippen molar-refractivity contribution < 1.29 is 100 Å². The van der Waals surface area contributed by atoms with Crippen LogP contribution in [0, 0.1) is 20.8 Å². The molecule has 0 saturated carbocycles. The standard InChI is InChI=1S/C39H51O9Si.3ClH.Ti/c1-20-21(2)23(4)36(22(20)3)49(37-30(43-11)17-27(40-8)24(5)33(37)46-14,38-31(44-12)18-28(41-9)25(6)34(38)47-15)39-32(45-13)19-29(42-10)26(7)35(39)48-16;;;;/h17-19H,1-16H3;3*1H;/q;;;;+3/p-3. The van der Waals surface area contributed by atoms with Crippen LogP contribution in [0.25, 0.3) is 0 Å². The third kappa shape index (κ3) is 6.86. The monoisotopic (exact) mass is 844 g/mol. The molecule has 53 heavy (non-hydrogen) atoms. The van der Waals surface area contributed by atoms with E-state index in [2.05, 4.69) is 48.1 Å². The molecule has 0 fully saturated rings. The van der Waals surface area contributed by atoms with Gasteiger partial charge in [0.05, 0.1) is 0 Å². The van der Waals surface area contributed by atoms with Crippen LogP contribution in [0.2, 0.25) is 3.34 Å². The van der Waals surface area contributed by atoms with Gasteiger partial charge in [-0.3, -0.25) is 0 Å². The van der Waals surface area contributed by atoms with E-state index in [0.29, 0.717) is 51.7 Å². The minimum atomic E-state index is -3.95. The Bertz CT molecular complexity index is 1700. The molecule has 3 aromatic rings. The third-order valence-electron chi connectivity index (χ3n) is 10.8. The molecule has 0 heterocycles. The number of methoxy groups -OCH3 is 9. The number of allylic oxidation sites excluding steroid dienone is 4. The fourth-order valence-corrected chi connectivity index (χ4v) is 17.2. The van der Waals surface area contributed by atoms with E-state index in [0.717, 1.165) is 32.3 Å². The number of halogens is 3. The van der Waals surface area contributed by atoms with Crippen molar-refractivity contribution in [3.8, 4) is 51.7 Å². The molecule has 0 saturated heterocycles. The molecule has 0 radical (unpaired) electrons. The van der Waals surface area contributed by atoms with Crippen LogP contribution in [-0.2, 0) is 20.4 Å². The van der Waals surface area contributed by atoms with E-state index in [1.165, 1.54) is 22.3 Å². The van der Waals surface area contributed by atoms with E-state index < -0.39 is 11.4 Å². The maximum atomic E-state index is 6.51. The van der Waals surface area contributed by atoms with Gasteiger partial charge in [-0.05, 0) is 0 Å². The van der Waals surface area contributed by atoms with E-state index in [4.69, 9.17) is 42.6 Å². The molecule has 1 aliphatic carbocycles. The molecule has 0 aromatic heterocycles. The van der Waals surface area contributed by atoms with Gasteiger partial charge in [0.1, 0.15) is 0 Å². The molecule has 0 aliphatic heterocycles. The quantitative estimate of drug-likeness (QED) is 0.133. The van der Waals surface area contributed by atoms with Crippen LogP contribution in [-0.4, -0.2) is 72.1 Å². The van der Waals surface area contributed by atoms with Crippen molar-refractivity contribution in [2.75, 3.05) is 64.0 Å². The summed E-state index contributed by atoms with van der Waals surface area (Å²) in [5.41, 5.74) is 7.22. The zero-order chi connectivity index (χ0) is 37.5. The molecule has 4 rings (SSSR count). The van der Waals surface area contributed by atoms with Gasteiger partial charge >= 0.3 is 311 Å². The summed E-state index contributed by atoms with van der Waals surface area (Å²) in [6.07, 6.45) is 0.